The molecule has 0 aliphatic rings. The highest BCUT2D eigenvalue weighted by Gasteiger charge is 2.14. The van der Waals surface area contributed by atoms with Crippen molar-refractivity contribution < 1.29 is 0 Å². The lowest BCUT2D eigenvalue weighted by Crippen LogP contribution is -2.09. The summed E-state index contributed by atoms with van der Waals surface area (Å²) in [6.07, 6.45) is 0. The van der Waals surface area contributed by atoms with Gasteiger partial charge in [-0.25, -0.2) is 0 Å². The van der Waals surface area contributed by atoms with E-state index in [0.29, 0.717) is 0 Å². The summed E-state index contributed by atoms with van der Waals surface area (Å²) >= 11 is 0. The van der Waals surface area contributed by atoms with Crippen molar-refractivity contribution in [3.63, 3.8) is 0 Å². The fourth-order valence-corrected chi connectivity index (χ4v) is 6.39. The van der Waals surface area contributed by atoms with Crippen molar-refractivity contribution in [2.45, 2.75) is 0 Å². The van der Waals surface area contributed by atoms with Crippen molar-refractivity contribution in [2.75, 3.05) is 4.90 Å². The average molecular weight is 548 g/mol. The molecule has 0 N–H and O–H groups in total. The number of nitrogens with zero attached hydrogens (tertiary/aromatic N) is 1. The first kappa shape index (κ1) is 25.1. The molecule has 0 radical (unpaired) electrons. The van der Waals surface area contributed by atoms with E-state index in [0.717, 1.165) is 17.1 Å². The van der Waals surface area contributed by atoms with Crippen molar-refractivity contribution in [2.24, 2.45) is 0 Å². The molecule has 43 heavy (non-hydrogen) atoms. The van der Waals surface area contributed by atoms with E-state index in [9.17, 15) is 0 Å². The maximum atomic E-state index is 2.37. The molecule has 1 heteroatoms. The Kier molecular flexibility index (Phi) is 6.20. The second kappa shape index (κ2) is 10.6. The Labute approximate surface area is 251 Å². The van der Waals surface area contributed by atoms with E-state index in [1.807, 2.05) is 0 Å². The fraction of sp³-hybridized carbons (Fsp3) is 0. The topological polar surface area (TPSA) is 3.24 Å². The molecule has 8 aromatic carbocycles. The summed E-state index contributed by atoms with van der Waals surface area (Å²) in [4.78, 5) is 2.30. The van der Waals surface area contributed by atoms with Gasteiger partial charge in [-0.3, -0.25) is 0 Å². The van der Waals surface area contributed by atoms with Gasteiger partial charge in [0, 0.05) is 17.1 Å². The minimum absolute atomic E-state index is 1.13. The molecule has 0 aliphatic heterocycles. The Balaban J connectivity index is 1.23. The lowest BCUT2D eigenvalue weighted by molar-refractivity contribution is 1.28. The van der Waals surface area contributed by atoms with Crippen LogP contribution in [0.3, 0.4) is 0 Å². The van der Waals surface area contributed by atoms with Crippen LogP contribution < -0.4 is 4.90 Å². The molecule has 0 saturated heterocycles. The van der Waals surface area contributed by atoms with Crippen LogP contribution in [0.25, 0.3) is 54.6 Å². The lowest BCUT2D eigenvalue weighted by Gasteiger charge is -2.25. The molecule has 0 aromatic heterocycles. The van der Waals surface area contributed by atoms with E-state index in [1.165, 1.54) is 54.6 Å². The Hall–Kier alpha value is -5.66. The average Bonchev–Trinajstić information content (AvgIpc) is 3.08. The van der Waals surface area contributed by atoms with Crippen LogP contribution in [0.2, 0.25) is 0 Å². The number of fused-ring (bicyclic) bond motifs is 3. The molecular formula is C42H29N. The third-order valence-electron chi connectivity index (χ3n) is 8.42. The molecule has 0 aliphatic carbocycles. The van der Waals surface area contributed by atoms with E-state index in [1.54, 1.807) is 0 Å². The summed E-state index contributed by atoms with van der Waals surface area (Å²) < 4.78 is 0. The summed E-state index contributed by atoms with van der Waals surface area (Å²) in [5.74, 6) is 0. The van der Waals surface area contributed by atoms with Gasteiger partial charge in [0.2, 0.25) is 0 Å². The third-order valence-corrected chi connectivity index (χ3v) is 8.42. The van der Waals surface area contributed by atoms with Gasteiger partial charge in [0.05, 0.1) is 0 Å². The second-order valence-electron chi connectivity index (χ2n) is 11.0. The van der Waals surface area contributed by atoms with Crippen LogP contribution >= 0.6 is 0 Å². The smallest absolute Gasteiger partial charge is 0.0462 e. The summed E-state index contributed by atoms with van der Waals surface area (Å²) in [7, 11) is 0. The molecule has 0 amide bonds. The van der Waals surface area contributed by atoms with Crippen LogP contribution in [0.1, 0.15) is 0 Å². The molecule has 0 fully saturated rings. The SMILES string of the molecule is c1ccc(N(c2ccccc2)c2ccc(-c3cccc4cc5c(-c6cccc7ccccc67)cccc5cc34)cc2)cc1. The molecule has 0 saturated carbocycles. The Morgan fingerprint density at radius 3 is 1.35 bits per heavy atom. The Bertz CT molecular complexity index is 2170. The minimum atomic E-state index is 1.13. The Morgan fingerprint density at radius 2 is 0.721 bits per heavy atom. The van der Waals surface area contributed by atoms with Crippen molar-refractivity contribution in [3.05, 3.63) is 176 Å². The van der Waals surface area contributed by atoms with Gasteiger partial charge in [0.1, 0.15) is 0 Å². The van der Waals surface area contributed by atoms with Crippen LogP contribution in [0.15, 0.2) is 176 Å². The largest absolute Gasteiger partial charge is 0.311 e. The van der Waals surface area contributed by atoms with Gasteiger partial charge in [0.25, 0.3) is 0 Å². The normalized spacial score (nSPS) is 11.3. The van der Waals surface area contributed by atoms with Gasteiger partial charge in [0.15, 0.2) is 0 Å². The lowest BCUT2D eigenvalue weighted by atomic mass is 9.90. The zero-order valence-corrected chi connectivity index (χ0v) is 23.7. The fourth-order valence-electron chi connectivity index (χ4n) is 6.39. The van der Waals surface area contributed by atoms with E-state index < -0.39 is 0 Å². The second-order valence-corrected chi connectivity index (χ2v) is 11.0. The zero-order valence-electron chi connectivity index (χ0n) is 23.7. The first-order valence-corrected chi connectivity index (χ1v) is 14.8. The maximum absolute atomic E-state index is 2.37. The van der Waals surface area contributed by atoms with Crippen molar-refractivity contribution >= 4 is 49.4 Å². The number of para-hydroxylation sites is 2. The summed E-state index contributed by atoms with van der Waals surface area (Å²) in [6.45, 7) is 0. The molecule has 0 bridgehead atoms. The first-order chi connectivity index (χ1) is 21.3. The van der Waals surface area contributed by atoms with E-state index in [-0.39, 0.29) is 0 Å². The molecule has 202 valence electrons. The van der Waals surface area contributed by atoms with Crippen LogP contribution in [0.5, 0.6) is 0 Å². The van der Waals surface area contributed by atoms with E-state index in [4.69, 9.17) is 0 Å². The number of hydrogen-bond acceptors (Lipinski definition) is 1. The predicted molar refractivity (Wildman–Crippen MR) is 185 cm³/mol. The van der Waals surface area contributed by atoms with E-state index >= 15 is 0 Å². The van der Waals surface area contributed by atoms with Gasteiger partial charge < -0.3 is 4.90 Å². The van der Waals surface area contributed by atoms with Gasteiger partial charge in [-0.05, 0) is 103 Å². The predicted octanol–water partition coefficient (Wildman–Crippen LogP) is 11.9. The zero-order chi connectivity index (χ0) is 28.6. The molecule has 8 aromatic rings. The van der Waals surface area contributed by atoms with Crippen LogP contribution in [0.4, 0.5) is 17.1 Å². The number of anilines is 3. The highest BCUT2D eigenvalue weighted by Crippen LogP contribution is 2.39. The van der Waals surface area contributed by atoms with E-state index in [2.05, 4.69) is 181 Å². The number of rotatable bonds is 5. The summed E-state index contributed by atoms with van der Waals surface area (Å²) in [5.41, 5.74) is 8.41. The molecule has 8 rings (SSSR count). The van der Waals surface area contributed by atoms with Gasteiger partial charge in [-0.2, -0.15) is 0 Å². The van der Waals surface area contributed by atoms with Gasteiger partial charge >= 0.3 is 0 Å². The van der Waals surface area contributed by atoms with Crippen LogP contribution in [-0.4, -0.2) is 0 Å². The molecular weight excluding hydrogens is 518 g/mol. The minimum Gasteiger partial charge on any atom is -0.311 e. The molecule has 0 spiro atoms. The molecule has 1 nitrogen and oxygen atoms in total. The summed E-state index contributed by atoms with van der Waals surface area (Å²) in [5, 5.41) is 7.59. The molecule has 0 heterocycles. The van der Waals surface area contributed by atoms with Crippen molar-refractivity contribution in [1.82, 2.24) is 0 Å². The van der Waals surface area contributed by atoms with Crippen LogP contribution in [-0.2, 0) is 0 Å². The highest BCUT2D eigenvalue weighted by atomic mass is 15.1. The number of hydrogen-bond donors (Lipinski definition) is 0. The third kappa shape index (κ3) is 4.52. The standard InChI is InChI=1S/C42H29N/c1-3-16-34(17-4-1)43(35-18-5-2-6-19-35)36-26-24-31(25-27-36)38-21-10-14-32-29-42-33(28-41(32)38)15-11-23-40(42)39-22-9-13-30-12-7-8-20-37(30)39/h1-29H. The first-order valence-electron chi connectivity index (χ1n) is 14.8. The number of benzene rings is 8. The Morgan fingerprint density at radius 1 is 0.279 bits per heavy atom. The molecule has 0 unspecified atom stereocenters. The maximum Gasteiger partial charge on any atom is 0.0462 e. The highest BCUT2D eigenvalue weighted by molar-refractivity contribution is 6.11. The quantitative estimate of drug-likeness (QED) is 0.194. The molecule has 0 atom stereocenters. The van der Waals surface area contributed by atoms with Crippen molar-refractivity contribution in [1.29, 1.82) is 0 Å². The van der Waals surface area contributed by atoms with Crippen LogP contribution in [0, 0.1) is 0 Å². The van der Waals surface area contributed by atoms with Crippen molar-refractivity contribution in [3.8, 4) is 22.3 Å². The summed E-state index contributed by atoms with van der Waals surface area (Å²) in [6, 6.07) is 63.4. The van der Waals surface area contributed by atoms with Gasteiger partial charge in [-0.1, -0.05) is 127 Å². The van der Waals surface area contributed by atoms with Gasteiger partial charge in [-0.15, -0.1) is 0 Å². The monoisotopic (exact) mass is 547 g/mol.